The molecule has 0 unspecified atom stereocenters. The third kappa shape index (κ3) is 4.09. The molecular weight excluding hydrogens is 389 g/mol. The summed E-state index contributed by atoms with van der Waals surface area (Å²) in [7, 11) is 0. The van der Waals surface area contributed by atoms with Crippen LogP contribution in [0.25, 0.3) is 16.2 Å². The lowest BCUT2D eigenvalue weighted by molar-refractivity contribution is -0.274. The zero-order chi connectivity index (χ0) is 19.7. The number of fused-ring (bicyclic) bond motifs is 1. The van der Waals surface area contributed by atoms with Gasteiger partial charge >= 0.3 is 6.36 Å². The highest BCUT2D eigenvalue weighted by atomic mass is 32.1. The second-order valence-corrected chi connectivity index (χ2v) is 7.07. The van der Waals surface area contributed by atoms with E-state index in [9.17, 15) is 13.2 Å². The predicted octanol–water partition coefficient (Wildman–Crippen LogP) is 5.28. The zero-order valence-corrected chi connectivity index (χ0v) is 15.5. The maximum absolute atomic E-state index is 12.4. The Labute approximate surface area is 162 Å². The minimum Gasteiger partial charge on any atom is -0.406 e. The molecule has 2 heterocycles. The second kappa shape index (κ2) is 7.16. The van der Waals surface area contributed by atoms with Gasteiger partial charge in [-0.05, 0) is 30.2 Å². The molecule has 0 bridgehead atoms. The molecule has 1 N–H and O–H groups in total. The number of anilines is 1. The van der Waals surface area contributed by atoms with Crippen molar-refractivity contribution in [2.24, 2.45) is 0 Å². The Morgan fingerprint density at radius 2 is 1.96 bits per heavy atom. The Bertz CT molecular complexity index is 1090. The van der Waals surface area contributed by atoms with Crippen LogP contribution in [-0.2, 0) is 6.54 Å². The van der Waals surface area contributed by atoms with E-state index in [0.717, 1.165) is 0 Å². The van der Waals surface area contributed by atoms with Gasteiger partial charge in [0.1, 0.15) is 5.75 Å². The van der Waals surface area contributed by atoms with E-state index in [1.807, 2.05) is 12.1 Å². The minimum absolute atomic E-state index is 0.282. The molecule has 2 aromatic carbocycles. The first kappa shape index (κ1) is 18.3. The smallest absolute Gasteiger partial charge is 0.406 e. The molecule has 0 saturated carbocycles. The van der Waals surface area contributed by atoms with Crippen molar-refractivity contribution in [2.45, 2.75) is 19.8 Å². The number of hydrogen-bond acceptors (Lipinski definition) is 5. The maximum Gasteiger partial charge on any atom is 0.573 e. The summed E-state index contributed by atoms with van der Waals surface area (Å²) in [5.41, 5.74) is 3.42. The topological polar surface area (TPSA) is 51.5 Å². The van der Waals surface area contributed by atoms with Crippen LogP contribution >= 0.6 is 11.3 Å². The summed E-state index contributed by atoms with van der Waals surface area (Å²) >= 11 is 1.37. The van der Waals surface area contributed by atoms with Gasteiger partial charge in [-0.15, -0.1) is 18.3 Å². The van der Waals surface area contributed by atoms with E-state index in [0.29, 0.717) is 27.9 Å². The van der Waals surface area contributed by atoms with E-state index >= 15 is 0 Å². The number of halogens is 3. The van der Waals surface area contributed by atoms with Gasteiger partial charge in [0.2, 0.25) is 10.1 Å². The average molecular weight is 404 g/mol. The molecule has 0 radical (unpaired) electrons. The van der Waals surface area contributed by atoms with E-state index in [2.05, 4.69) is 39.2 Å². The molecular formula is C19H15F3N4OS. The summed E-state index contributed by atoms with van der Waals surface area (Å²) < 4.78 is 42.8. The fourth-order valence-corrected chi connectivity index (χ4v) is 3.52. The lowest BCUT2D eigenvalue weighted by atomic mass is 10.1. The Hall–Kier alpha value is -3.07. The van der Waals surface area contributed by atoms with Crippen LogP contribution < -0.4 is 10.1 Å². The van der Waals surface area contributed by atoms with Gasteiger partial charge in [0, 0.05) is 12.1 Å². The number of aryl methyl sites for hydroxylation is 1. The summed E-state index contributed by atoms with van der Waals surface area (Å²) in [5, 5.41) is 8.42. The largest absolute Gasteiger partial charge is 0.573 e. The standard InChI is InChI=1S/C19H15F3N4OS/c1-12-5-2-3-6-14(12)10-23-17-25-26-11-16(24-18(26)28-17)13-7-4-8-15(9-13)27-19(20,21)22/h2-9,11H,10H2,1H3,(H,23,25). The first-order chi connectivity index (χ1) is 13.4. The number of ether oxygens (including phenoxy) is 1. The Morgan fingerprint density at radius 1 is 1.14 bits per heavy atom. The molecule has 0 aliphatic carbocycles. The van der Waals surface area contributed by atoms with E-state index in [1.165, 1.54) is 40.7 Å². The summed E-state index contributed by atoms with van der Waals surface area (Å²) in [6.45, 7) is 2.70. The van der Waals surface area contributed by atoms with Crippen LogP contribution in [0.3, 0.4) is 0 Å². The summed E-state index contributed by atoms with van der Waals surface area (Å²) in [6, 6.07) is 13.8. The van der Waals surface area contributed by atoms with Crippen LogP contribution in [0.4, 0.5) is 18.3 Å². The van der Waals surface area contributed by atoms with Gasteiger partial charge in [0.15, 0.2) is 0 Å². The molecule has 4 rings (SSSR count). The molecule has 0 amide bonds. The molecule has 0 fully saturated rings. The number of rotatable bonds is 5. The third-order valence-electron chi connectivity index (χ3n) is 4.10. The summed E-state index contributed by atoms with van der Waals surface area (Å²) in [6.07, 6.45) is -3.05. The van der Waals surface area contributed by atoms with Crippen molar-refractivity contribution in [2.75, 3.05) is 5.32 Å². The highest BCUT2D eigenvalue weighted by molar-refractivity contribution is 7.20. The summed E-state index contributed by atoms with van der Waals surface area (Å²) in [4.78, 5) is 5.10. The second-order valence-electron chi connectivity index (χ2n) is 6.12. The molecule has 144 valence electrons. The molecule has 0 saturated heterocycles. The van der Waals surface area contributed by atoms with Crippen LogP contribution in [0.2, 0.25) is 0 Å². The summed E-state index contributed by atoms with van der Waals surface area (Å²) in [5.74, 6) is -0.282. The molecule has 9 heteroatoms. The van der Waals surface area contributed by atoms with Gasteiger partial charge in [-0.3, -0.25) is 0 Å². The highest BCUT2D eigenvalue weighted by Gasteiger charge is 2.31. The number of imidazole rings is 1. The lowest BCUT2D eigenvalue weighted by Gasteiger charge is -2.09. The van der Waals surface area contributed by atoms with Crippen LogP contribution in [0.1, 0.15) is 11.1 Å². The fourth-order valence-electron chi connectivity index (χ4n) is 2.74. The van der Waals surface area contributed by atoms with E-state index < -0.39 is 6.36 Å². The predicted molar refractivity (Wildman–Crippen MR) is 101 cm³/mol. The van der Waals surface area contributed by atoms with Crippen molar-refractivity contribution in [1.29, 1.82) is 0 Å². The molecule has 0 spiro atoms. The highest BCUT2D eigenvalue weighted by Crippen LogP contribution is 2.29. The first-order valence-corrected chi connectivity index (χ1v) is 9.20. The van der Waals surface area contributed by atoms with Gasteiger partial charge in [0.05, 0.1) is 11.9 Å². The molecule has 0 aliphatic heterocycles. The molecule has 0 aliphatic rings. The van der Waals surface area contributed by atoms with Crippen molar-refractivity contribution in [1.82, 2.24) is 14.6 Å². The average Bonchev–Trinajstić information content (AvgIpc) is 3.18. The normalized spacial score (nSPS) is 11.7. The quantitative estimate of drug-likeness (QED) is 0.492. The van der Waals surface area contributed by atoms with Crippen molar-refractivity contribution < 1.29 is 17.9 Å². The number of nitrogens with zero attached hydrogens (tertiary/aromatic N) is 3. The zero-order valence-electron chi connectivity index (χ0n) is 14.7. The Kier molecular flexibility index (Phi) is 4.68. The molecule has 28 heavy (non-hydrogen) atoms. The lowest BCUT2D eigenvalue weighted by Crippen LogP contribution is -2.17. The first-order valence-electron chi connectivity index (χ1n) is 8.38. The van der Waals surface area contributed by atoms with Gasteiger partial charge in [0.25, 0.3) is 0 Å². The van der Waals surface area contributed by atoms with Gasteiger partial charge in [-0.1, -0.05) is 47.7 Å². The van der Waals surface area contributed by atoms with E-state index in [1.54, 1.807) is 16.8 Å². The Morgan fingerprint density at radius 3 is 2.71 bits per heavy atom. The number of nitrogens with one attached hydrogen (secondary N) is 1. The van der Waals surface area contributed by atoms with Gasteiger partial charge in [-0.2, -0.15) is 0 Å². The van der Waals surface area contributed by atoms with Gasteiger partial charge in [-0.25, -0.2) is 9.50 Å². The van der Waals surface area contributed by atoms with Crippen LogP contribution in [-0.4, -0.2) is 21.0 Å². The van der Waals surface area contributed by atoms with Crippen LogP contribution in [0.5, 0.6) is 5.75 Å². The monoisotopic (exact) mass is 404 g/mol. The third-order valence-corrected chi connectivity index (χ3v) is 4.98. The number of alkyl halides is 3. The number of benzene rings is 2. The van der Waals surface area contributed by atoms with Gasteiger partial charge < -0.3 is 10.1 Å². The van der Waals surface area contributed by atoms with Crippen LogP contribution in [0.15, 0.2) is 54.7 Å². The van der Waals surface area contributed by atoms with Crippen molar-refractivity contribution in [3.8, 4) is 17.0 Å². The minimum atomic E-state index is -4.73. The molecule has 2 aromatic heterocycles. The van der Waals surface area contributed by atoms with Crippen molar-refractivity contribution in [3.05, 3.63) is 65.9 Å². The van der Waals surface area contributed by atoms with E-state index in [-0.39, 0.29) is 5.75 Å². The van der Waals surface area contributed by atoms with Crippen LogP contribution in [0, 0.1) is 6.92 Å². The molecule has 0 atom stereocenters. The SMILES string of the molecule is Cc1ccccc1CNc1nn2cc(-c3cccc(OC(F)(F)F)c3)nc2s1. The maximum atomic E-state index is 12.4. The van der Waals surface area contributed by atoms with Crippen molar-refractivity contribution in [3.63, 3.8) is 0 Å². The molecule has 5 nitrogen and oxygen atoms in total. The number of hydrogen-bond donors (Lipinski definition) is 1. The van der Waals surface area contributed by atoms with E-state index in [4.69, 9.17) is 0 Å². The number of aromatic nitrogens is 3. The molecule has 4 aromatic rings. The fraction of sp³-hybridized carbons (Fsp3) is 0.158. The van der Waals surface area contributed by atoms with Crippen molar-refractivity contribution >= 4 is 21.4 Å². The Balaban J connectivity index is 1.51.